The lowest BCUT2D eigenvalue weighted by Crippen LogP contribution is -2.14. The molecule has 98 valence electrons. The summed E-state index contributed by atoms with van der Waals surface area (Å²) in [7, 11) is 0. The number of rotatable bonds is 3. The summed E-state index contributed by atoms with van der Waals surface area (Å²) in [5.41, 5.74) is 1.19. The molecule has 1 heterocycles. The van der Waals surface area contributed by atoms with Crippen molar-refractivity contribution in [3.05, 3.63) is 67.6 Å². The average molecular weight is 296 g/mol. The Morgan fingerprint density at radius 2 is 1.84 bits per heavy atom. The van der Waals surface area contributed by atoms with Crippen molar-refractivity contribution in [3.8, 4) is 0 Å². The minimum absolute atomic E-state index is 0.226. The molecule has 1 N–H and O–H groups in total. The third kappa shape index (κ3) is 2.88. The Bertz CT molecular complexity index is 692. The van der Waals surface area contributed by atoms with Gasteiger partial charge in [-0.1, -0.05) is 30.1 Å². The summed E-state index contributed by atoms with van der Waals surface area (Å²) in [6.45, 7) is 1.87. The lowest BCUT2D eigenvalue weighted by Gasteiger charge is -2.08. The van der Waals surface area contributed by atoms with Crippen LogP contribution in [0.15, 0.2) is 35.1 Å². The van der Waals surface area contributed by atoms with Gasteiger partial charge in [-0.3, -0.25) is 9.59 Å². The summed E-state index contributed by atoms with van der Waals surface area (Å²) in [6, 6.07) is 7.56. The standard InChI is InChI=1S/C14H11Cl2NO2/c1-2-12-10(5-6-13(18)17-12)14(19)9-4-3-8(15)7-11(9)16/h3-7H,2H2,1H3,(H,17,18). The molecule has 0 amide bonds. The van der Waals surface area contributed by atoms with Crippen molar-refractivity contribution in [1.29, 1.82) is 0 Å². The van der Waals surface area contributed by atoms with Crippen LogP contribution < -0.4 is 5.56 Å². The summed E-state index contributed by atoms with van der Waals surface area (Å²) in [6.07, 6.45) is 0.558. The highest BCUT2D eigenvalue weighted by Crippen LogP contribution is 2.24. The lowest BCUT2D eigenvalue weighted by molar-refractivity contribution is 0.103. The van der Waals surface area contributed by atoms with Gasteiger partial charge >= 0.3 is 0 Å². The third-order valence-corrected chi connectivity index (χ3v) is 3.32. The van der Waals surface area contributed by atoms with Crippen LogP contribution in [-0.4, -0.2) is 10.8 Å². The van der Waals surface area contributed by atoms with Gasteiger partial charge in [-0.25, -0.2) is 0 Å². The number of H-pyrrole nitrogens is 1. The number of aromatic amines is 1. The van der Waals surface area contributed by atoms with Gasteiger partial charge in [0.1, 0.15) is 0 Å². The number of halogens is 2. The number of benzene rings is 1. The highest BCUT2D eigenvalue weighted by atomic mass is 35.5. The number of hydrogen-bond acceptors (Lipinski definition) is 2. The number of carbonyl (C=O) groups excluding carboxylic acids is 1. The van der Waals surface area contributed by atoms with Crippen LogP contribution in [0.25, 0.3) is 0 Å². The minimum Gasteiger partial charge on any atom is -0.325 e. The lowest BCUT2D eigenvalue weighted by atomic mass is 10.0. The van der Waals surface area contributed by atoms with E-state index in [4.69, 9.17) is 23.2 Å². The van der Waals surface area contributed by atoms with Crippen molar-refractivity contribution < 1.29 is 4.79 Å². The topological polar surface area (TPSA) is 49.9 Å². The van der Waals surface area contributed by atoms with Crippen LogP contribution in [0.1, 0.15) is 28.5 Å². The second kappa shape index (κ2) is 5.59. The Hall–Kier alpha value is -1.58. The number of pyridine rings is 1. The van der Waals surface area contributed by atoms with Gasteiger partial charge < -0.3 is 4.98 Å². The normalized spacial score (nSPS) is 10.5. The summed E-state index contributed by atoms with van der Waals surface area (Å²) < 4.78 is 0. The van der Waals surface area contributed by atoms with E-state index in [-0.39, 0.29) is 11.3 Å². The molecule has 2 rings (SSSR count). The number of aromatic nitrogens is 1. The van der Waals surface area contributed by atoms with Crippen molar-refractivity contribution in [2.24, 2.45) is 0 Å². The van der Waals surface area contributed by atoms with E-state index in [9.17, 15) is 9.59 Å². The van der Waals surface area contributed by atoms with E-state index >= 15 is 0 Å². The van der Waals surface area contributed by atoms with E-state index in [2.05, 4.69) is 4.98 Å². The number of ketones is 1. The summed E-state index contributed by atoms with van der Waals surface area (Å²) in [4.78, 5) is 26.3. The zero-order chi connectivity index (χ0) is 14.0. The monoisotopic (exact) mass is 295 g/mol. The molecule has 0 spiro atoms. The van der Waals surface area contributed by atoms with Crippen molar-refractivity contribution >= 4 is 29.0 Å². The van der Waals surface area contributed by atoms with Gasteiger partial charge in [0.25, 0.3) is 0 Å². The van der Waals surface area contributed by atoms with Crippen molar-refractivity contribution in [1.82, 2.24) is 4.98 Å². The van der Waals surface area contributed by atoms with E-state index < -0.39 is 0 Å². The van der Waals surface area contributed by atoms with Crippen molar-refractivity contribution in [2.45, 2.75) is 13.3 Å². The number of aryl methyl sites for hydroxylation is 1. The maximum absolute atomic E-state index is 12.4. The van der Waals surface area contributed by atoms with Gasteiger partial charge in [0, 0.05) is 27.9 Å². The molecule has 1 aromatic carbocycles. The molecule has 0 unspecified atom stereocenters. The van der Waals surface area contributed by atoms with Gasteiger partial charge in [0.05, 0.1) is 5.02 Å². The van der Waals surface area contributed by atoms with Gasteiger partial charge in [0.15, 0.2) is 5.78 Å². The predicted molar refractivity (Wildman–Crippen MR) is 76.3 cm³/mol. The molecule has 0 bridgehead atoms. The molecule has 5 heteroatoms. The van der Waals surface area contributed by atoms with Crippen LogP contribution in [0.3, 0.4) is 0 Å². The maximum Gasteiger partial charge on any atom is 0.248 e. The molecular weight excluding hydrogens is 285 g/mol. The number of carbonyl (C=O) groups is 1. The van der Waals surface area contributed by atoms with Crippen molar-refractivity contribution in [3.63, 3.8) is 0 Å². The first kappa shape index (κ1) is 13.8. The highest BCUT2D eigenvalue weighted by molar-refractivity contribution is 6.37. The molecule has 0 atom stereocenters. The Morgan fingerprint density at radius 1 is 1.16 bits per heavy atom. The third-order valence-electron chi connectivity index (χ3n) is 2.77. The average Bonchev–Trinajstić information content (AvgIpc) is 2.37. The van der Waals surface area contributed by atoms with E-state index in [1.165, 1.54) is 18.2 Å². The van der Waals surface area contributed by atoms with Crippen LogP contribution in [0.4, 0.5) is 0 Å². The second-order valence-electron chi connectivity index (χ2n) is 4.02. The van der Waals surface area contributed by atoms with Crippen LogP contribution in [-0.2, 0) is 6.42 Å². The molecule has 0 fully saturated rings. The van der Waals surface area contributed by atoms with Gasteiger partial charge in [-0.2, -0.15) is 0 Å². The molecule has 2 aromatic rings. The fourth-order valence-electron chi connectivity index (χ4n) is 1.83. The highest BCUT2D eigenvalue weighted by Gasteiger charge is 2.16. The molecule has 0 radical (unpaired) electrons. The van der Waals surface area contributed by atoms with E-state index in [1.807, 2.05) is 6.92 Å². The van der Waals surface area contributed by atoms with E-state index in [1.54, 1.807) is 12.1 Å². The van der Waals surface area contributed by atoms with Gasteiger partial charge in [0.2, 0.25) is 5.56 Å². The Labute approximate surface area is 120 Å². The molecule has 19 heavy (non-hydrogen) atoms. The number of hydrogen-bond donors (Lipinski definition) is 1. The fraction of sp³-hybridized carbons (Fsp3) is 0.143. The molecule has 0 saturated carbocycles. The molecule has 0 aliphatic rings. The molecule has 0 aliphatic carbocycles. The first-order valence-corrected chi connectivity index (χ1v) is 6.50. The SMILES string of the molecule is CCc1[nH]c(=O)ccc1C(=O)c1ccc(Cl)cc1Cl. The van der Waals surface area contributed by atoms with Crippen LogP contribution >= 0.6 is 23.2 Å². The summed E-state index contributed by atoms with van der Waals surface area (Å²) in [5, 5.41) is 0.768. The van der Waals surface area contributed by atoms with E-state index in [0.717, 1.165) is 0 Å². The van der Waals surface area contributed by atoms with Crippen molar-refractivity contribution in [2.75, 3.05) is 0 Å². The van der Waals surface area contributed by atoms with E-state index in [0.29, 0.717) is 33.3 Å². The smallest absolute Gasteiger partial charge is 0.248 e. The molecule has 0 aliphatic heterocycles. The predicted octanol–water partition coefficient (Wildman–Crippen LogP) is 3.48. The minimum atomic E-state index is -0.227. The Kier molecular flexibility index (Phi) is 4.08. The zero-order valence-electron chi connectivity index (χ0n) is 10.2. The maximum atomic E-state index is 12.4. The quantitative estimate of drug-likeness (QED) is 0.882. The fourth-order valence-corrected chi connectivity index (χ4v) is 2.32. The largest absolute Gasteiger partial charge is 0.325 e. The molecule has 1 aromatic heterocycles. The molecule has 0 saturated heterocycles. The summed E-state index contributed by atoms with van der Waals surface area (Å²) >= 11 is 11.8. The zero-order valence-corrected chi connectivity index (χ0v) is 11.7. The van der Waals surface area contributed by atoms with Crippen LogP contribution in [0, 0.1) is 0 Å². The second-order valence-corrected chi connectivity index (χ2v) is 4.87. The first-order valence-electron chi connectivity index (χ1n) is 5.75. The van der Waals surface area contributed by atoms with Crippen LogP contribution in [0.2, 0.25) is 10.0 Å². The Morgan fingerprint density at radius 3 is 2.47 bits per heavy atom. The van der Waals surface area contributed by atoms with Crippen LogP contribution in [0.5, 0.6) is 0 Å². The molecular formula is C14H11Cl2NO2. The Balaban J connectivity index is 2.53. The van der Waals surface area contributed by atoms with Gasteiger partial charge in [-0.15, -0.1) is 0 Å². The van der Waals surface area contributed by atoms with Gasteiger partial charge in [-0.05, 0) is 30.7 Å². The molecule has 3 nitrogen and oxygen atoms in total. The number of nitrogens with one attached hydrogen (secondary N) is 1. The summed E-state index contributed by atoms with van der Waals surface area (Å²) in [5.74, 6) is -0.227. The first-order chi connectivity index (χ1) is 9.02.